The second kappa shape index (κ2) is 6.39. The van der Waals surface area contributed by atoms with Gasteiger partial charge in [-0.15, -0.1) is 6.58 Å². The highest BCUT2D eigenvalue weighted by Crippen LogP contribution is 2.38. The van der Waals surface area contributed by atoms with Gasteiger partial charge in [-0.2, -0.15) is 0 Å². The molecule has 1 amide bonds. The Bertz CT molecular complexity index is 686. The zero-order valence-electron chi connectivity index (χ0n) is 12.2. The number of nitrogens with one attached hydrogen (secondary N) is 1. The lowest BCUT2D eigenvalue weighted by Crippen LogP contribution is -2.34. The fourth-order valence-electron chi connectivity index (χ4n) is 2.55. The van der Waals surface area contributed by atoms with E-state index in [-0.39, 0.29) is 12.0 Å². The molecule has 2 aromatic rings. The van der Waals surface area contributed by atoms with Gasteiger partial charge >= 0.3 is 0 Å². The Morgan fingerprint density at radius 3 is 3.00 bits per heavy atom. The lowest BCUT2D eigenvalue weighted by atomic mass is 10.0. The van der Waals surface area contributed by atoms with Crippen LogP contribution in [0, 0.1) is 0 Å². The van der Waals surface area contributed by atoms with Crippen LogP contribution in [0.1, 0.15) is 12.0 Å². The molecular formula is C17H17N3O2. The predicted molar refractivity (Wildman–Crippen MR) is 83.4 cm³/mol. The van der Waals surface area contributed by atoms with Crippen molar-refractivity contribution in [2.24, 2.45) is 0 Å². The molecule has 1 aromatic heterocycles. The SMILES string of the molecule is C=CCC(=O)NC[C@@H]1Cc2cccc(-c3cncnc3)c2O1. The molecule has 0 fully saturated rings. The number of para-hydroxylation sites is 1. The van der Waals surface area contributed by atoms with E-state index in [1.54, 1.807) is 18.5 Å². The number of carbonyl (C=O) groups excluding carboxylic acids is 1. The van der Waals surface area contributed by atoms with Crippen LogP contribution >= 0.6 is 0 Å². The molecule has 1 atom stereocenters. The van der Waals surface area contributed by atoms with E-state index in [2.05, 4.69) is 21.9 Å². The number of hydrogen-bond donors (Lipinski definition) is 1. The van der Waals surface area contributed by atoms with Crippen LogP contribution in [0.2, 0.25) is 0 Å². The molecule has 0 bridgehead atoms. The van der Waals surface area contributed by atoms with Crippen molar-refractivity contribution in [2.45, 2.75) is 18.9 Å². The summed E-state index contributed by atoms with van der Waals surface area (Å²) in [6, 6.07) is 6.05. The van der Waals surface area contributed by atoms with Crippen molar-refractivity contribution in [1.82, 2.24) is 15.3 Å². The summed E-state index contributed by atoms with van der Waals surface area (Å²) in [7, 11) is 0. The maximum absolute atomic E-state index is 11.5. The number of ether oxygens (including phenoxy) is 1. The number of amides is 1. The minimum atomic E-state index is -0.0467. The van der Waals surface area contributed by atoms with Gasteiger partial charge in [-0.1, -0.05) is 24.3 Å². The fraction of sp³-hybridized carbons (Fsp3) is 0.235. The normalized spacial score (nSPS) is 15.7. The van der Waals surface area contributed by atoms with Crippen molar-refractivity contribution in [1.29, 1.82) is 0 Å². The average Bonchev–Trinajstić information content (AvgIpc) is 2.97. The minimum Gasteiger partial charge on any atom is -0.487 e. The van der Waals surface area contributed by atoms with E-state index in [0.29, 0.717) is 13.0 Å². The van der Waals surface area contributed by atoms with E-state index >= 15 is 0 Å². The van der Waals surface area contributed by atoms with E-state index in [0.717, 1.165) is 28.9 Å². The second-order valence-corrected chi connectivity index (χ2v) is 5.16. The van der Waals surface area contributed by atoms with E-state index in [4.69, 9.17) is 4.74 Å². The first-order valence-electron chi connectivity index (χ1n) is 7.19. The molecule has 5 nitrogen and oxygen atoms in total. The van der Waals surface area contributed by atoms with Gasteiger partial charge in [0.25, 0.3) is 0 Å². The molecule has 1 aliphatic heterocycles. The summed E-state index contributed by atoms with van der Waals surface area (Å²) in [5.74, 6) is 0.825. The minimum absolute atomic E-state index is 0.0359. The van der Waals surface area contributed by atoms with Crippen molar-refractivity contribution in [3.05, 3.63) is 55.1 Å². The van der Waals surface area contributed by atoms with Crippen LogP contribution in [-0.2, 0) is 11.2 Å². The topological polar surface area (TPSA) is 64.1 Å². The molecule has 0 unspecified atom stereocenters. The lowest BCUT2D eigenvalue weighted by Gasteiger charge is -2.13. The molecule has 112 valence electrons. The summed E-state index contributed by atoms with van der Waals surface area (Å²) in [5, 5.41) is 2.86. The van der Waals surface area contributed by atoms with E-state index < -0.39 is 0 Å². The Hall–Kier alpha value is -2.69. The second-order valence-electron chi connectivity index (χ2n) is 5.16. The van der Waals surface area contributed by atoms with Gasteiger partial charge in [0.15, 0.2) is 0 Å². The lowest BCUT2D eigenvalue weighted by molar-refractivity contribution is -0.120. The van der Waals surface area contributed by atoms with E-state index in [9.17, 15) is 4.79 Å². The molecule has 1 aliphatic rings. The maximum atomic E-state index is 11.5. The van der Waals surface area contributed by atoms with Crippen molar-refractivity contribution in [2.75, 3.05) is 6.54 Å². The number of hydrogen-bond acceptors (Lipinski definition) is 4. The highest BCUT2D eigenvalue weighted by Gasteiger charge is 2.26. The van der Waals surface area contributed by atoms with Crippen LogP contribution in [0.25, 0.3) is 11.1 Å². The van der Waals surface area contributed by atoms with Crippen molar-refractivity contribution < 1.29 is 9.53 Å². The first kappa shape index (κ1) is 14.3. The zero-order valence-corrected chi connectivity index (χ0v) is 12.2. The highest BCUT2D eigenvalue weighted by molar-refractivity contribution is 5.77. The molecular weight excluding hydrogens is 278 g/mol. The van der Waals surface area contributed by atoms with E-state index in [1.165, 1.54) is 6.33 Å². The number of nitrogens with zero attached hydrogens (tertiary/aromatic N) is 2. The molecule has 0 aliphatic carbocycles. The predicted octanol–water partition coefficient (Wildman–Crippen LogP) is 2.14. The number of rotatable bonds is 5. The zero-order chi connectivity index (χ0) is 15.4. The summed E-state index contributed by atoms with van der Waals surface area (Å²) in [5.41, 5.74) is 3.05. The number of carbonyl (C=O) groups is 1. The van der Waals surface area contributed by atoms with Gasteiger partial charge in [0.05, 0.1) is 6.54 Å². The third-order valence-electron chi connectivity index (χ3n) is 3.56. The van der Waals surface area contributed by atoms with Crippen LogP contribution in [-0.4, -0.2) is 28.5 Å². The Morgan fingerprint density at radius 2 is 2.23 bits per heavy atom. The molecule has 22 heavy (non-hydrogen) atoms. The quantitative estimate of drug-likeness (QED) is 0.858. The molecule has 5 heteroatoms. The molecule has 0 radical (unpaired) electrons. The maximum Gasteiger partial charge on any atom is 0.223 e. The monoisotopic (exact) mass is 295 g/mol. The van der Waals surface area contributed by atoms with Gasteiger partial charge in [0.1, 0.15) is 18.2 Å². The third kappa shape index (κ3) is 2.98. The molecule has 1 N–H and O–H groups in total. The molecule has 0 saturated carbocycles. The van der Waals surface area contributed by atoms with E-state index in [1.807, 2.05) is 18.2 Å². The fourth-order valence-corrected chi connectivity index (χ4v) is 2.55. The Morgan fingerprint density at radius 1 is 1.41 bits per heavy atom. The highest BCUT2D eigenvalue weighted by atomic mass is 16.5. The summed E-state index contributed by atoms with van der Waals surface area (Å²) in [6.45, 7) is 4.05. The molecule has 1 aromatic carbocycles. The van der Waals surface area contributed by atoms with Crippen molar-refractivity contribution in [3.63, 3.8) is 0 Å². The van der Waals surface area contributed by atoms with Crippen LogP contribution in [0.15, 0.2) is 49.6 Å². The molecule has 2 heterocycles. The first-order chi connectivity index (χ1) is 10.8. The van der Waals surface area contributed by atoms with Crippen molar-refractivity contribution >= 4 is 5.91 Å². The molecule has 0 saturated heterocycles. The largest absolute Gasteiger partial charge is 0.487 e. The number of benzene rings is 1. The van der Waals surface area contributed by atoms with Gasteiger partial charge in [0.2, 0.25) is 5.91 Å². The Labute approximate surface area is 129 Å². The molecule has 3 rings (SSSR count). The van der Waals surface area contributed by atoms with Crippen LogP contribution in [0.4, 0.5) is 0 Å². The molecule has 0 spiro atoms. The van der Waals surface area contributed by atoms with Gasteiger partial charge in [-0.25, -0.2) is 9.97 Å². The van der Waals surface area contributed by atoms with Crippen molar-refractivity contribution in [3.8, 4) is 16.9 Å². The Kier molecular flexibility index (Phi) is 4.14. The van der Waals surface area contributed by atoms with Crippen LogP contribution in [0.3, 0.4) is 0 Å². The smallest absolute Gasteiger partial charge is 0.223 e. The third-order valence-corrected chi connectivity index (χ3v) is 3.56. The summed E-state index contributed by atoms with van der Waals surface area (Å²) in [6.07, 6.45) is 7.70. The van der Waals surface area contributed by atoms with Gasteiger partial charge < -0.3 is 10.1 Å². The number of fused-ring (bicyclic) bond motifs is 1. The summed E-state index contributed by atoms with van der Waals surface area (Å²) >= 11 is 0. The van der Waals surface area contributed by atoms with Gasteiger partial charge in [0, 0.05) is 36.4 Å². The van der Waals surface area contributed by atoms with Gasteiger partial charge in [-0.05, 0) is 5.56 Å². The number of aromatic nitrogens is 2. The van der Waals surface area contributed by atoms with Crippen LogP contribution < -0.4 is 10.1 Å². The first-order valence-corrected chi connectivity index (χ1v) is 7.19. The summed E-state index contributed by atoms with van der Waals surface area (Å²) in [4.78, 5) is 19.6. The van der Waals surface area contributed by atoms with Crippen LogP contribution in [0.5, 0.6) is 5.75 Å². The van der Waals surface area contributed by atoms with Gasteiger partial charge in [-0.3, -0.25) is 4.79 Å². The average molecular weight is 295 g/mol. The Balaban J connectivity index is 1.74. The summed E-state index contributed by atoms with van der Waals surface area (Å²) < 4.78 is 6.02. The standard InChI is InChI=1S/C17H17N3O2/c1-2-4-16(21)20-10-14-7-12-5-3-6-15(17(12)22-14)13-8-18-11-19-9-13/h2-3,5-6,8-9,11,14H,1,4,7,10H2,(H,20,21)/t14-/m0/s1.